The number of piperazine rings is 1. The predicted molar refractivity (Wildman–Crippen MR) is 88.6 cm³/mol. The van der Waals surface area contributed by atoms with Crippen LogP contribution in [0.15, 0.2) is 42.5 Å². The molecule has 0 saturated carbocycles. The number of hydroxylamine groups is 2. The molecule has 0 N–H and O–H groups in total. The molecular weight excluding hydrogens is 306 g/mol. The summed E-state index contributed by atoms with van der Waals surface area (Å²) in [6, 6.07) is 14.3. The molecule has 2 heterocycles. The van der Waals surface area contributed by atoms with E-state index >= 15 is 0 Å². The Bertz CT molecular complexity index is 802. The molecule has 0 spiro atoms. The van der Waals surface area contributed by atoms with Crippen molar-refractivity contribution in [2.45, 2.75) is 12.7 Å². The zero-order valence-corrected chi connectivity index (χ0v) is 13.5. The average molecular weight is 325 g/mol. The van der Waals surface area contributed by atoms with Crippen molar-refractivity contribution in [1.82, 2.24) is 14.9 Å². The first kappa shape index (κ1) is 15.1. The summed E-state index contributed by atoms with van der Waals surface area (Å²) in [4.78, 5) is 33.3. The fourth-order valence-electron chi connectivity index (χ4n) is 3.43. The lowest BCUT2D eigenvalue weighted by atomic mass is 10.0. The zero-order valence-electron chi connectivity index (χ0n) is 13.5. The lowest BCUT2D eigenvalue weighted by Crippen LogP contribution is -2.66. The average Bonchev–Trinajstić information content (AvgIpc) is 2.60. The Labute approximate surface area is 140 Å². The van der Waals surface area contributed by atoms with Gasteiger partial charge in [0.2, 0.25) is 5.91 Å². The number of fused-ring (bicyclic) bond motifs is 2. The summed E-state index contributed by atoms with van der Waals surface area (Å²) in [5, 5.41) is 3.98. The maximum atomic E-state index is 12.5. The van der Waals surface area contributed by atoms with E-state index in [0.717, 1.165) is 16.3 Å². The smallest absolute Gasteiger partial charge is 0.252 e. The van der Waals surface area contributed by atoms with E-state index in [9.17, 15) is 9.59 Å². The van der Waals surface area contributed by atoms with Crippen LogP contribution in [0.25, 0.3) is 10.8 Å². The van der Waals surface area contributed by atoms with Gasteiger partial charge in [-0.2, -0.15) is 5.06 Å². The number of carbonyl (C=O) groups is 2. The molecule has 2 aliphatic rings. The second-order valence-corrected chi connectivity index (χ2v) is 6.23. The summed E-state index contributed by atoms with van der Waals surface area (Å²) in [7, 11) is 1.80. The van der Waals surface area contributed by atoms with Crippen molar-refractivity contribution in [3.63, 3.8) is 0 Å². The number of hydrogen-bond acceptors (Lipinski definition) is 4. The maximum absolute atomic E-state index is 12.5. The number of amides is 2. The minimum atomic E-state index is -0.223. The van der Waals surface area contributed by atoms with E-state index in [1.54, 1.807) is 21.9 Å². The van der Waals surface area contributed by atoms with E-state index in [0.29, 0.717) is 13.1 Å². The monoisotopic (exact) mass is 325 g/mol. The van der Waals surface area contributed by atoms with Crippen molar-refractivity contribution in [3.8, 4) is 0 Å². The van der Waals surface area contributed by atoms with Gasteiger partial charge in [0.05, 0.1) is 6.54 Å². The number of benzene rings is 2. The third-order valence-electron chi connectivity index (χ3n) is 4.77. The standard InChI is InChI=1S/C18H19N3O3/c1-19-16-10-20(17(22)11-21(16)18(23)12-24-19)9-14-7-4-6-13-5-2-3-8-15(13)14/h2-8,16H,9-12H2,1H3. The van der Waals surface area contributed by atoms with Gasteiger partial charge in [-0.3, -0.25) is 14.4 Å². The van der Waals surface area contributed by atoms with Crippen LogP contribution in [-0.4, -0.2) is 59.6 Å². The van der Waals surface area contributed by atoms with Crippen LogP contribution in [0, 0.1) is 0 Å². The molecular formula is C18H19N3O3. The number of rotatable bonds is 2. The normalized spacial score (nSPS) is 22.1. The Balaban J connectivity index is 1.60. The molecule has 2 fully saturated rings. The Morgan fingerprint density at radius 3 is 2.75 bits per heavy atom. The third-order valence-corrected chi connectivity index (χ3v) is 4.77. The van der Waals surface area contributed by atoms with E-state index in [2.05, 4.69) is 18.2 Å². The Hall–Kier alpha value is -2.44. The van der Waals surface area contributed by atoms with Gasteiger partial charge in [0.15, 0.2) is 0 Å². The highest BCUT2D eigenvalue weighted by atomic mass is 16.7. The lowest BCUT2D eigenvalue weighted by molar-refractivity contribution is -0.244. The van der Waals surface area contributed by atoms with Crippen molar-refractivity contribution in [3.05, 3.63) is 48.0 Å². The fraction of sp³-hybridized carbons (Fsp3) is 0.333. The van der Waals surface area contributed by atoms with Gasteiger partial charge in [-0.05, 0) is 16.3 Å². The molecule has 124 valence electrons. The molecule has 6 nitrogen and oxygen atoms in total. The summed E-state index contributed by atoms with van der Waals surface area (Å²) in [6.07, 6.45) is -0.223. The van der Waals surface area contributed by atoms with E-state index in [-0.39, 0.29) is 31.1 Å². The second-order valence-electron chi connectivity index (χ2n) is 6.23. The molecule has 0 radical (unpaired) electrons. The predicted octanol–water partition coefficient (Wildman–Crippen LogP) is 1.21. The van der Waals surface area contributed by atoms with Crippen LogP contribution in [0.1, 0.15) is 5.56 Å². The van der Waals surface area contributed by atoms with Gasteiger partial charge in [-0.1, -0.05) is 42.5 Å². The van der Waals surface area contributed by atoms with Gasteiger partial charge in [-0.15, -0.1) is 0 Å². The molecule has 1 unspecified atom stereocenters. The van der Waals surface area contributed by atoms with Crippen LogP contribution in [0.3, 0.4) is 0 Å². The highest BCUT2D eigenvalue weighted by Gasteiger charge is 2.40. The lowest BCUT2D eigenvalue weighted by Gasteiger charge is -2.46. The Morgan fingerprint density at radius 1 is 1.08 bits per heavy atom. The van der Waals surface area contributed by atoms with E-state index in [1.165, 1.54) is 0 Å². The van der Waals surface area contributed by atoms with Crippen LogP contribution in [0.4, 0.5) is 0 Å². The first-order valence-electron chi connectivity index (χ1n) is 8.03. The molecule has 0 bridgehead atoms. The number of likely N-dealkylation sites (N-methyl/N-ethyl adjacent to an activating group) is 1. The summed E-state index contributed by atoms with van der Waals surface area (Å²) < 4.78 is 0. The van der Waals surface area contributed by atoms with Crippen molar-refractivity contribution in [2.75, 3.05) is 26.7 Å². The third kappa shape index (κ3) is 2.53. The number of nitrogens with zero attached hydrogens (tertiary/aromatic N) is 3. The Morgan fingerprint density at radius 2 is 1.88 bits per heavy atom. The molecule has 2 aliphatic heterocycles. The highest BCUT2D eigenvalue weighted by Crippen LogP contribution is 2.23. The van der Waals surface area contributed by atoms with Gasteiger partial charge >= 0.3 is 0 Å². The van der Waals surface area contributed by atoms with Gasteiger partial charge in [0.25, 0.3) is 5.91 Å². The second kappa shape index (κ2) is 5.89. The minimum absolute atomic E-state index is 0.00357. The molecule has 1 atom stereocenters. The van der Waals surface area contributed by atoms with Gasteiger partial charge in [-0.25, -0.2) is 0 Å². The maximum Gasteiger partial charge on any atom is 0.252 e. The molecule has 4 rings (SSSR count). The molecule has 2 saturated heterocycles. The molecule has 2 aromatic rings. The summed E-state index contributed by atoms with van der Waals surface area (Å²) >= 11 is 0. The first-order chi connectivity index (χ1) is 11.6. The summed E-state index contributed by atoms with van der Waals surface area (Å²) in [6.45, 7) is 1.10. The molecule has 6 heteroatoms. The topological polar surface area (TPSA) is 53.1 Å². The quantitative estimate of drug-likeness (QED) is 0.833. The summed E-state index contributed by atoms with van der Waals surface area (Å²) in [5.41, 5.74) is 1.11. The van der Waals surface area contributed by atoms with E-state index in [1.807, 2.05) is 24.3 Å². The number of hydrogen-bond donors (Lipinski definition) is 0. The SMILES string of the molecule is CN1OCC(=O)N2CC(=O)N(Cc3cccc4ccccc34)CC12. The van der Waals surface area contributed by atoms with Crippen molar-refractivity contribution in [1.29, 1.82) is 0 Å². The van der Waals surface area contributed by atoms with Gasteiger partial charge in [0, 0.05) is 13.6 Å². The van der Waals surface area contributed by atoms with E-state index in [4.69, 9.17) is 4.84 Å². The van der Waals surface area contributed by atoms with Crippen molar-refractivity contribution in [2.24, 2.45) is 0 Å². The molecule has 0 aromatic heterocycles. The van der Waals surface area contributed by atoms with E-state index < -0.39 is 0 Å². The molecule has 24 heavy (non-hydrogen) atoms. The van der Waals surface area contributed by atoms with Crippen LogP contribution in [-0.2, 0) is 21.0 Å². The van der Waals surface area contributed by atoms with Crippen LogP contribution in [0.5, 0.6) is 0 Å². The van der Waals surface area contributed by atoms with Crippen LogP contribution >= 0.6 is 0 Å². The highest BCUT2D eigenvalue weighted by molar-refractivity contribution is 5.88. The van der Waals surface area contributed by atoms with Crippen molar-refractivity contribution < 1.29 is 14.4 Å². The van der Waals surface area contributed by atoms with Crippen molar-refractivity contribution >= 4 is 22.6 Å². The largest absolute Gasteiger partial charge is 0.333 e. The molecule has 2 aromatic carbocycles. The Kier molecular flexibility index (Phi) is 3.70. The fourth-order valence-corrected chi connectivity index (χ4v) is 3.43. The zero-order chi connectivity index (χ0) is 16.7. The number of carbonyl (C=O) groups excluding carboxylic acids is 2. The molecule has 0 aliphatic carbocycles. The van der Waals surface area contributed by atoms with Crippen LogP contribution < -0.4 is 0 Å². The van der Waals surface area contributed by atoms with Gasteiger partial charge < -0.3 is 9.80 Å². The summed E-state index contributed by atoms with van der Waals surface area (Å²) in [5.74, 6) is -0.154. The molecule has 2 amide bonds. The first-order valence-corrected chi connectivity index (χ1v) is 8.03. The van der Waals surface area contributed by atoms with Gasteiger partial charge in [0.1, 0.15) is 19.3 Å². The van der Waals surface area contributed by atoms with Crippen LogP contribution in [0.2, 0.25) is 0 Å². The minimum Gasteiger partial charge on any atom is -0.333 e.